The summed E-state index contributed by atoms with van der Waals surface area (Å²) < 4.78 is 7.45. The first kappa shape index (κ1) is 15.9. The van der Waals surface area contributed by atoms with Crippen molar-refractivity contribution >= 4 is 17.3 Å². The monoisotopic (exact) mass is 355 g/mol. The van der Waals surface area contributed by atoms with E-state index in [0.29, 0.717) is 16.6 Å². The standard InChI is InChI=1S/C18H18ClN5O/c1-10-9-20-14-7-12(19)16(25-3)8-15(14)24-17(10)22-23-18(24)13-6-4-5-11(2)21-13/h4-8,10,20H,9H2,1-3H3/t10-/m1/s1. The van der Waals surface area contributed by atoms with Crippen molar-refractivity contribution in [3.63, 3.8) is 0 Å². The highest BCUT2D eigenvalue weighted by Crippen LogP contribution is 2.38. The van der Waals surface area contributed by atoms with Crippen LogP contribution < -0.4 is 10.1 Å². The Balaban J connectivity index is 2.00. The van der Waals surface area contributed by atoms with E-state index in [-0.39, 0.29) is 5.92 Å². The number of aromatic nitrogens is 4. The summed E-state index contributed by atoms with van der Waals surface area (Å²) >= 11 is 6.31. The van der Waals surface area contributed by atoms with Gasteiger partial charge in [0.05, 0.1) is 23.5 Å². The number of hydrogen-bond acceptors (Lipinski definition) is 5. The van der Waals surface area contributed by atoms with Gasteiger partial charge in [0.25, 0.3) is 0 Å². The maximum atomic E-state index is 6.31. The van der Waals surface area contributed by atoms with Gasteiger partial charge < -0.3 is 10.1 Å². The molecule has 1 aliphatic rings. The van der Waals surface area contributed by atoms with Crippen LogP contribution in [0.1, 0.15) is 24.4 Å². The minimum Gasteiger partial charge on any atom is -0.495 e. The molecule has 3 heterocycles. The van der Waals surface area contributed by atoms with Crippen LogP contribution in [-0.2, 0) is 0 Å². The molecule has 1 N–H and O–H groups in total. The Hall–Kier alpha value is -2.60. The molecule has 3 aromatic rings. The van der Waals surface area contributed by atoms with Gasteiger partial charge in [-0.3, -0.25) is 4.57 Å². The predicted octanol–water partition coefficient (Wildman–Crippen LogP) is 3.83. The number of benzene rings is 1. The summed E-state index contributed by atoms with van der Waals surface area (Å²) in [7, 11) is 1.61. The van der Waals surface area contributed by atoms with Crippen molar-refractivity contribution in [2.45, 2.75) is 19.8 Å². The molecule has 6 nitrogen and oxygen atoms in total. The van der Waals surface area contributed by atoms with Gasteiger partial charge in [-0.1, -0.05) is 24.6 Å². The molecule has 0 aliphatic carbocycles. The molecule has 25 heavy (non-hydrogen) atoms. The summed E-state index contributed by atoms with van der Waals surface area (Å²) in [6.07, 6.45) is 0. The van der Waals surface area contributed by atoms with Gasteiger partial charge in [0, 0.05) is 24.2 Å². The first-order chi connectivity index (χ1) is 12.1. The van der Waals surface area contributed by atoms with Gasteiger partial charge in [0.15, 0.2) is 5.82 Å². The van der Waals surface area contributed by atoms with Crippen molar-refractivity contribution in [2.75, 3.05) is 19.0 Å². The molecule has 2 aromatic heterocycles. The Morgan fingerprint density at radius 3 is 2.88 bits per heavy atom. The smallest absolute Gasteiger partial charge is 0.187 e. The quantitative estimate of drug-likeness (QED) is 0.756. The van der Waals surface area contributed by atoms with E-state index in [1.54, 1.807) is 7.11 Å². The van der Waals surface area contributed by atoms with Gasteiger partial charge in [0.1, 0.15) is 17.3 Å². The zero-order chi connectivity index (χ0) is 17.6. The summed E-state index contributed by atoms with van der Waals surface area (Å²) in [6.45, 7) is 4.82. The van der Waals surface area contributed by atoms with Crippen LogP contribution >= 0.6 is 11.6 Å². The lowest BCUT2D eigenvalue weighted by Crippen LogP contribution is -2.09. The highest BCUT2D eigenvalue weighted by molar-refractivity contribution is 6.32. The number of methoxy groups -OCH3 is 1. The molecule has 7 heteroatoms. The van der Waals surface area contributed by atoms with E-state index in [4.69, 9.17) is 16.3 Å². The topological polar surface area (TPSA) is 64.9 Å². The Kier molecular flexibility index (Phi) is 3.84. The summed E-state index contributed by atoms with van der Waals surface area (Å²) in [4.78, 5) is 4.61. The number of nitrogens with zero attached hydrogens (tertiary/aromatic N) is 4. The van der Waals surface area contributed by atoms with Crippen LogP contribution in [0.4, 0.5) is 5.69 Å². The van der Waals surface area contributed by atoms with E-state index in [1.165, 1.54) is 0 Å². The second-order valence-electron chi connectivity index (χ2n) is 6.17. The molecule has 0 saturated carbocycles. The molecule has 1 aromatic carbocycles. The highest BCUT2D eigenvalue weighted by atomic mass is 35.5. The molecule has 128 valence electrons. The van der Waals surface area contributed by atoms with Gasteiger partial charge in [0.2, 0.25) is 0 Å². The molecular weight excluding hydrogens is 338 g/mol. The minimum absolute atomic E-state index is 0.184. The van der Waals surface area contributed by atoms with Crippen LogP contribution in [0.2, 0.25) is 5.02 Å². The number of aryl methyl sites for hydroxylation is 1. The van der Waals surface area contributed by atoms with Crippen LogP contribution in [0.3, 0.4) is 0 Å². The van der Waals surface area contributed by atoms with Crippen molar-refractivity contribution in [3.8, 4) is 23.0 Å². The van der Waals surface area contributed by atoms with E-state index < -0.39 is 0 Å². The molecule has 1 aliphatic heterocycles. The van der Waals surface area contributed by atoms with Crippen LogP contribution in [-0.4, -0.2) is 33.4 Å². The van der Waals surface area contributed by atoms with E-state index in [9.17, 15) is 0 Å². The third-order valence-corrected chi connectivity index (χ3v) is 4.65. The third-order valence-electron chi connectivity index (χ3n) is 4.36. The van der Waals surface area contributed by atoms with Gasteiger partial charge >= 0.3 is 0 Å². The average molecular weight is 356 g/mol. The lowest BCUT2D eigenvalue weighted by Gasteiger charge is -2.14. The normalized spacial score (nSPS) is 15.8. The molecule has 4 rings (SSSR count). The largest absolute Gasteiger partial charge is 0.495 e. The zero-order valence-electron chi connectivity index (χ0n) is 14.2. The molecule has 0 amide bonds. The number of halogens is 1. The van der Waals surface area contributed by atoms with Crippen molar-refractivity contribution in [1.82, 2.24) is 19.7 Å². The Bertz CT molecular complexity index is 953. The van der Waals surface area contributed by atoms with Crippen LogP contribution in [0, 0.1) is 6.92 Å². The number of nitrogens with one attached hydrogen (secondary N) is 1. The van der Waals surface area contributed by atoms with Crippen molar-refractivity contribution in [1.29, 1.82) is 0 Å². The average Bonchev–Trinajstić information content (AvgIpc) is 2.99. The van der Waals surface area contributed by atoms with E-state index >= 15 is 0 Å². The van der Waals surface area contributed by atoms with Gasteiger partial charge in [-0.2, -0.15) is 0 Å². The number of fused-ring (bicyclic) bond motifs is 3. The lowest BCUT2D eigenvalue weighted by molar-refractivity contribution is 0.415. The Labute approximate surface area is 150 Å². The molecule has 0 radical (unpaired) electrons. The molecule has 0 bridgehead atoms. The van der Waals surface area contributed by atoms with Crippen LogP contribution in [0.25, 0.3) is 17.2 Å². The Morgan fingerprint density at radius 2 is 2.12 bits per heavy atom. The molecule has 0 spiro atoms. The Morgan fingerprint density at radius 1 is 1.28 bits per heavy atom. The predicted molar refractivity (Wildman–Crippen MR) is 97.8 cm³/mol. The van der Waals surface area contributed by atoms with Gasteiger partial charge in [-0.15, -0.1) is 10.2 Å². The SMILES string of the molecule is COc1cc2c(cc1Cl)NC[C@@H](C)c1nnc(-c3cccc(C)n3)n1-2. The number of hydrogen-bond donors (Lipinski definition) is 1. The van der Waals surface area contributed by atoms with E-state index in [1.807, 2.05) is 41.8 Å². The van der Waals surface area contributed by atoms with Gasteiger partial charge in [-0.25, -0.2) is 4.98 Å². The molecule has 1 atom stereocenters. The first-order valence-electron chi connectivity index (χ1n) is 8.09. The van der Waals surface area contributed by atoms with Gasteiger partial charge in [-0.05, 0) is 25.1 Å². The molecule has 0 fully saturated rings. The summed E-state index contributed by atoms with van der Waals surface area (Å²) in [5, 5.41) is 12.9. The van der Waals surface area contributed by atoms with Crippen molar-refractivity contribution in [3.05, 3.63) is 46.9 Å². The highest BCUT2D eigenvalue weighted by Gasteiger charge is 2.26. The second kappa shape index (κ2) is 6.04. The number of anilines is 1. The summed E-state index contributed by atoms with van der Waals surface area (Å²) in [5.41, 5.74) is 3.55. The molecule has 0 unspecified atom stereocenters. The van der Waals surface area contributed by atoms with Crippen LogP contribution in [0.15, 0.2) is 30.3 Å². The fourth-order valence-corrected chi connectivity index (χ4v) is 3.31. The van der Waals surface area contributed by atoms with Crippen molar-refractivity contribution < 1.29 is 4.74 Å². The maximum Gasteiger partial charge on any atom is 0.187 e. The lowest BCUT2D eigenvalue weighted by atomic mass is 10.1. The second-order valence-corrected chi connectivity index (χ2v) is 6.57. The van der Waals surface area contributed by atoms with Crippen LogP contribution in [0.5, 0.6) is 5.75 Å². The summed E-state index contributed by atoms with van der Waals surface area (Å²) in [5.74, 6) is 2.39. The molecular formula is C18H18ClN5O. The van der Waals surface area contributed by atoms with E-state index in [0.717, 1.165) is 35.1 Å². The van der Waals surface area contributed by atoms with E-state index in [2.05, 4.69) is 27.4 Å². The summed E-state index contributed by atoms with van der Waals surface area (Å²) in [6, 6.07) is 9.67. The third kappa shape index (κ3) is 2.62. The van der Waals surface area contributed by atoms with Crippen molar-refractivity contribution in [2.24, 2.45) is 0 Å². The fourth-order valence-electron chi connectivity index (χ4n) is 3.07. The number of ether oxygens (including phenoxy) is 1. The fraction of sp³-hybridized carbons (Fsp3) is 0.278. The maximum absolute atomic E-state index is 6.31. The molecule has 0 saturated heterocycles. The number of pyridine rings is 1. The number of rotatable bonds is 2. The first-order valence-corrected chi connectivity index (χ1v) is 8.47. The minimum atomic E-state index is 0.184. The zero-order valence-corrected chi connectivity index (χ0v) is 15.0.